The van der Waals surface area contributed by atoms with Crippen LogP contribution in [0, 0.1) is 0 Å². The summed E-state index contributed by atoms with van der Waals surface area (Å²) >= 11 is 1.33. The molecule has 1 fully saturated rings. The van der Waals surface area contributed by atoms with Gasteiger partial charge in [-0.1, -0.05) is 12.8 Å². The van der Waals surface area contributed by atoms with Gasteiger partial charge in [0.1, 0.15) is 5.75 Å². The van der Waals surface area contributed by atoms with Gasteiger partial charge in [0, 0.05) is 29.6 Å². The molecule has 32 heavy (non-hydrogen) atoms. The van der Waals surface area contributed by atoms with E-state index in [2.05, 4.69) is 10.3 Å². The number of carbonyl (C=O) groups is 1. The van der Waals surface area contributed by atoms with Gasteiger partial charge < -0.3 is 4.74 Å². The zero-order valence-corrected chi connectivity index (χ0v) is 19.6. The molecule has 7 nitrogen and oxygen atoms in total. The van der Waals surface area contributed by atoms with Crippen LogP contribution in [-0.4, -0.2) is 43.8 Å². The number of rotatable bonds is 7. The second-order valence-electron chi connectivity index (χ2n) is 7.70. The fourth-order valence-electron chi connectivity index (χ4n) is 3.80. The number of hydrogen-bond donors (Lipinski definition) is 1. The molecular weight excluding hydrogens is 446 g/mol. The van der Waals surface area contributed by atoms with Gasteiger partial charge in [0.25, 0.3) is 5.91 Å². The third kappa shape index (κ3) is 4.69. The lowest BCUT2D eigenvalue weighted by molar-refractivity contribution is 0.102. The third-order valence-electron chi connectivity index (χ3n) is 5.74. The van der Waals surface area contributed by atoms with Crippen molar-refractivity contribution in [2.75, 3.05) is 19.5 Å². The van der Waals surface area contributed by atoms with Crippen LogP contribution in [0.1, 0.15) is 36.0 Å². The summed E-state index contributed by atoms with van der Waals surface area (Å²) in [7, 11) is -0.328. The molecular formula is C23H25N3O4S2. The predicted octanol–water partition coefficient (Wildman–Crippen LogP) is 4.63. The number of nitrogens with zero attached hydrogens (tertiary/aromatic N) is 2. The number of hydrogen-bond acceptors (Lipinski definition) is 6. The molecule has 1 aromatic heterocycles. The van der Waals surface area contributed by atoms with Gasteiger partial charge in [0.05, 0.1) is 17.7 Å². The highest BCUT2D eigenvalue weighted by Gasteiger charge is 2.30. The number of amides is 1. The highest BCUT2D eigenvalue weighted by Crippen LogP contribution is 2.28. The standard InChI is InChI=1S/C23H25N3O4S2/c1-26(18-5-3-4-6-18)32(28,29)20-13-9-17(10-14-20)22(27)25-23-24-21(15-31-23)16-7-11-19(30-2)12-8-16/h7-15,18H,3-6H2,1-2H3,(H,24,25,27). The van der Waals surface area contributed by atoms with E-state index in [1.165, 1.54) is 39.9 Å². The summed E-state index contributed by atoms with van der Waals surface area (Å²) in [5.74, 6) is 0.422. The molecule has 9 heteroatoms. The van der Waals surface area contributed by atoms with Crippen LogP contribution in [0.2, 0.25) is 0 Å². The van der Waals surface area contributed by atoms with Gasteiger partial charge in [-0.05, 0) is 61.4 Å². The minimum Gasteiger partial charge on any atom is -0.497 e. The first-order chi connectivity index (χ1) is 15.4. The molecule has 0 atom stereocenters. The SMILES string of the molecule is COc1ccc(-c2csc(NC(=O)c3ccc(S(=O)(=O)N(C)C4CCCC4)cc3)n2)cc1. The quantitative estimate of drug-likeness (QED) is 0.543. The van der Waals surface area contributed by atoms with Gasteiger partial charge in [-0.25, -0.2) is 13.4 Å². The monoisotopic (exact) mass is 471 g/mol. The molecule has 0 bridgehead atoms. The number of aromatic nitrogens is 1. The normalized spacial score (nSPS) is 14.6. The second kappa shape index (κ2) is 9.40. The first-order valence-electron chi connectivity index (χ1n) is 10.4. The van der Waals surface area contributed by atoms with Gasteiger partial charge >= 0.3 is 0 Å². The Balaban J connectivity index is 1.43. The summed E-state index contributed by atoms with van der Waals surface area (Å²) in [5.41, 5.74) is 2.04. The highest BCUT2D eigenvalue weighted by atomic mass is 32.2. The molecule has 0 spiro atoms. The van der Waals surface area contributed by atoms with Crippen LogP contribution in [0.15, 0.2) is 58.8 Å². The molecule has 0 saturated heterocycles. The average molecular weight is 472 g/mol. The lowest BCUT2D eigenvalue weighted by Crippen LogP contribution is -2.35. The van der Waals surface area contributed by atoms with E-state index in [-0.39, 0.29) is 16.8 Å². The molecule has 168 valence electrons. The summed E-state index contributed by atoms with van der Waals surface area (Å²) in [6, 6.07) is 13.6. The minimum absolute atomic E-state index is 0.0489. The average Bonchev–Trinajstić information content (AvgIpc) is 3.51. The molecule has 1 amide bonds. The maximum Gasteiger partial charge on any atom is 0.257 e. The van der Waals surface area contributed by atoms with Crippen LogP contribution >= 0.6 is 11.3 Å². The number of sulfonamides is 1. The fourth-order valence-corrected chi connectivity index (χ4v) is 5.93. The molecule has 0 radical (unpaired) electrons. The zero-order valence-electron chi connectivity index (χ0n) is 17.9. The van der Waals surface area contributed by atoms with Crippen LogP contribution in [0.25, 0.3) is 11.3 Å². The maximum absolute atomic E-state index is 12.9. The lowest BCUT2D eigenvalue weighted by atomic mass is 10.2. The molecule has 3 aromatic rings. The first-order valence-corrected chi connectivity index (χ1v) is 12.7. The van der Waals surface area contributed by atoms with Crippen molar-refractivity contribution in [3.63, 3.8) is 0 Å². The topological polar surface area (TPSA) is 88.6 Å². The molecule has 0 aliphatic heterocycles. The van der Waals surface area contributed by atoms with E-state index < -0.39 is 10.0 Å². The van der Waals surface area contributed by atoms with Crippen molar-refractivity contribution in [3.05, 3.63) is 59.5 Å². The van der Waals surface area contributed by atoms with Gasteiger partial charge in [0.2, 0.25) is 10.0 Å². The molecule has 2 aromatic carbocycles. The van der Waals surface area contributed by atoms with Crippen molar-refractivity contribution in [2.24, 2.45) is 0 Å². The largest absolute Gasteiger partial charge is 0.497 e. The molecule has 1 heterocycles. The molecule has 4 rings (SSSR count). The van der Waals surface area contributed by atoms with Crippen molar-refractivity contribution in [1.82, 2.24) is 9.29 Å². The maximum atomic E-state index is 12.9. The number of carbonyl (C=O) groups excluding carboxylic acids is 1. The van der Waals surface area contributed by atoms with Crippen LogP contribution in [0.4, 0.5) is 5.13 Å². The van der Waals surface area contributed by atoms with Crippen LogP contribution in [-0.2, 0) is 10.0 Å². The number of ether oxygens (including phenoxy) is 1. The number of thiazole rings is 1. The predicted molar refractivity (Wildman–Crippen MR) is 126 cm³/mol. The van der Waals surface area contributed by atoms with Gasteiger partial charge in [0.15, 0.2) is 5.13 Å². The van der Waals surface area contributed by atoms with E-state index in [1.54, 1.807) is 14.2 Å². The Morgan fingerprint density at radius 1 is 1.09 bits per heavy atom. The number of methoxy groups -OCH3 is 1. The van der Waals surface area contributed by atoms with E-state index >= 15 is 0 Å². The summed E-state index contributed by atoms with van der Waals surface area (Å²) in [6.45, 7) is 0. The van der Waals surface area contributed by atoms with Crippen LogP contribution in [0.5, 0.6) is 5.75 Å². The van der Waals surface area contributed by atoms with Crippen molar-refractivity contribution in [3.8, 4) is 17.0 Å². The Morgan fingerprint density at radius 2 is 1.75 bits per heavy atom. The molecule has 1 aliphatic rings. The van der Waals surface area contributed by atoms with Crippen LogP contribution < -0.4 is 10.1 Å². The zero-order chi connectivity index (χ0) is 22.7. The Labute approximate surface area is 192 Å². The summed E-state index contributed by atoms with van der Waals surface area (Å²) < 4.78 is 32.4. The van der Waals surface area contributed by atoms with Crippen molar-refractivity contribution >= 4 is 32.4 Å². The molecule has 1 saturated carbocycles. The van der Waals surface area contributed by atoms with Gasteiger partial charge in [-0.15, -0.1) is 11.3 Å². The summed E-state index contributed by atoms with van der Waals surface area (Å²) in [6.07, 6.45) is 3.90. The Bertz CT molecular complexity index is 1180. The smallest absolute Gasteiger partial charge is 0.257 e. The third-order valence-corrected chi connectivity index (χ3v) is 8.42. The van der Waals surface area contributed by atoms with E-state index in [1.807, 2.05) is 29.6 Å². The number of anilines is 1. The van der Waals surface area contributed by atoms with E-state index in [4.69, 9.17) is 4.74 Å². The number of benzene rings is 2. The Morgan fingerprint density at radius 3 is 2.38 bits per heavy atom. The van der Waals surface area contributed by atoms with Crippen molar-refractivity contribution in [1.29, 1.82) is 0 Å². The van der Waals surface area contributed by atoms with E-state index in [0.717, 1.165) is 42.7 Å². The first kappa shape index (κ1) is 22.4. The Hall–Kier alpha value is -2.75. The van der Waals surface area contributed by atoms with Gasteiger partial charge in [-0.3, -0.25) is 10.1 Å². The molecule has 0 unspecified atom stereocenters. The highest BCUT2D eigenvalue weighted by molar-refractivity contribution is 7.89. The summed E-state index contributed by atoms with van der Waals surface area (Å²) in [4.78, 5) is 17.3. The molecule has 1 N–H and O–H groups in total. The fraction of sp³-hybridized carbons (Fsp3) is 0.304. The van der Waals surface area contributed by atoms with Crippen molar-refractivity contribution in [2.45, 2.75) is 36.6 Å². The van der Waals surface area contributed by atoms with E-state index in [0.29, 0.717) is 10.7 Å². The summed E-state index contributed by atoms with van der Waals surface area (Å²) in [5, 5.41) is 5.12. The van der Waals surface area contributed by atoms with Crippen LogP contribution in [0.3, 0.4) is 0 Å². The minimum atomic E-state index is -3.57. The second-order valence-corrected chi connectivity index (χ2v) is 10.6. The van der Waals surface area contributed by atoms with E-state index in [9.17, 15) is 13.2 Å². The molecule has 1 aliphatic carbocycles. The number of nitrogens with one attached hydrogen (secondary N) is 1. The van der Waals surface area contributed by atoms with Crippen molar-refractivity contribution < 1.29 is 17.9 Å². The lowest BCUT2D eigenvalue weighted by Gasteiger charge is -2.23. The Kier molecular flexibility index (Phi) is 6.59. The van der Waals surface area contributed by atoms with Gasteiger partial charge in [-0.2, -0.15) is 4.31 Å².